The van der Waals surface area contributed by atoms with Crippen molar-refractivity contribution < 1.29 is 89.4 Å². The Morgan fingerprint density at radius 2 is 1.21 bits per heavy atom. The fourth-order valence-electron chi connectivity index (χ4n) is 12.0. The Balaban J connectivity index is 1.10. The van der Waals surface area contributed by atoms with Gasteiger partial charge in [0.2, 0.25) is 6.29 Å². The van der Waals surface area contributed by atoms with Crippen molar-refractivity contribution in [1.82, 2.24) is 0 Å². The van der Waals surface area contributed by atoms with E-state index in [1.807, 2.05) is 6.92 Å². The van der Waals surface area contributed by atoms with Crippen LogP contribution in [0.1, 0.15) is 71.6 Å². The van der Waals surface area contributed by atoms with Crippen molar-refractivity contribution in [2.45, 2.75) is 169 Å². The summed E-state index contributed by atoms with van der Waals surface area (Å²) in [7, 11) is 0. The van der Waals surface area contributed by atoms with Gasteiger partial charge in [0, 0.05) is 0 Å². The molecule has 320 valence electrons. The number of carbonyl (C=O) groups excluding carboxylic acids is 1. The van der Waals surface area contributed by atoms with Crippen LogP contribution in [0.3, 0.4) is 0 Å². The maximum absolute atomic E-state index is 14.1. The predicted molar refractivity (Wildman–Crippen MR) is 186 cm³/mol. The van der Waals surface area contributed by atoms with Gasteiger partial charge in [0.25, 0.3) is 0 Å². The highest BCUT2D eigenvalue weighted by Crippen LogP contribution is 2.73. The Bertz CT molecular complexity index is 1450. The standard InChI is InChI=1S/C38H60O18/c1-16-11-37-9-5-20-35(2,7-4-8-36(20,3)34(50)55-32-29(49)26(46)23(43)18(13-40)52-32)21(37)6-10-38(16,15-37)56-33-30(27(47)24(44)19(14-41)53-33)54-31-28(48)25(45)22(42)17(12-39)51-31/h17-33,39-49H,1,4-15H2,2-3H3/t17-,18-,19-,20+,21+,22-,23-,24-,25+,26+,27+,28-,29-,30-,31+,32+,33+,35-,36-,37+,38-/m1/s1. The predicted octanol–water partition coefficient (Wildman–Crippen LogP) is -2.94. The van der Waals surface area contributed by atoms with Gasteiger partial charge in [-0.15, -0.1) is 0 Å². The van der Waals surface area contributed by atoms with Gasteiger partial charge in [0.1, 0.15) is 73.2 Å². The maximum atomic E-state index is 14.1. The molecule has 2 bridgehead atoms. The summed E-state index contributed by atoms with van der Waals surface area (Å²) >= 11 is 0. The van der Waals surface area contributed by atoms with E-state index < -0.39 is 129 Å². The second-order valence-electron chi connectivity index (χ2n) is 18.0. The number of aliphatic hydroxyl groups excluding tert-OH is 11. The van der Waals surface area contributed by atoms with Crippen molar-refractivity contribution in [3.8, 4) is 0 Å². The smallest absolute Gasteiger partial charge is 0.314 e. The lowest BCUT2D eigenvalue weighted by Gasteiger charge is -2.64. The lowest BCUT2D eigenvalue weighted by Crippen LogP contribution is -2.65. The number of rotatable bonds is 9. The molecule has 3 aliphatic heterocycles. The first-order chi connectivity index (χ1) is 26.4. The van der Waals surface area contributed by atoms with Crippen molar-refractivity contribution in [3.05, 3.63) is 12.2 Å². The SMILES string of the molecule is C=C1C[C@]23CC[C@H]4[C@@](C)(CCC[C@@]4(C)C(=O)O[C@@H]4O[C@H](CO)[C@@H](O)[C@H](O)[C@H]4O)[C@@H]2CC[C@@]1(O[C@@H]1O[C@H](CO)[C@@H](O)[C@H](O)[C@H]1O[C@@H]1O[C@H](CO)[C@@H](O)[C@H](O)[C@H]1O)C3. The summed E-state index contributed by atoms with van der Waals surface area (Å²) in [5.41, 5.74) is -1.80. The number of hydrogen-bond donors (Lipinski definition) is 11. The van der Waals surface area contributed by atoms with E-state index in [0.717, 1.165) is 18.4 Å². The third kappa shape index (κ3) is 6.69. The van der Waals surface area contributed by atoms with Gasteiger partial charge in [-0.2, -0.15) is 0 Å². The molecule has 0 amide bonds. The first kappa shape index (κ1) is 42.7. The summed E-state index contributed by atoms with van der Waals surface area (Å²) < 4.78 is 35.6. The van der Waals surface area contributed by atoms with Crippen LogP contribution >= 0.6 is 0 Å². The summed E-state index contributed by atoms with van der Waals surface area (Å²) in [6.45, 7) is 6.52. The zero-order valence-corrected chi connectivity index (χ0v) is 31.8. The van der Waals surface area contributed by atoms with Gasteiger partial charge in [-0.3, -0.25) is 4.79 Å². The Morgan fingerprint density at radius 1 is 0.679 bits per heavy atom. The number of fused-ring (bicyclic) bond motifs is 3. The zero-order chi connectivity index (χ0) is 40.7. The lowest BCUT2D eigenvalue weighted by molar-refractivity contribution is -0.378. The molecule has 1 spiro atoms. The van der Waals surface area contributed by atoms with E-state index in [1.165, 1.54) is 0 Å². The summed E-state index contributed by atoms with van der Waals surface area (Å²) in [6.07, 6.45) is -17.8. The van der Waals surface area contributed by atoms with E-state index in [0.29, 0.717) is 44.9 Å². The summed E-state index contributed by atoms with van der Waals surface area (Å²) in [6, 6.07) is 0. The van der Waals surface area contributed by atoms with Crippen LogP contribution < -0.4 is 0 Å². The second kappa shape index (κ2) is 15.6. The molecule has 0 radical (unpaired) electrons. The van der Waals surface area contributed by atoms with E-state index >= 15 is 0 Å². The highest BCUT2D eigenvalue weighted by Gasteiger charge is 2.69. The Hall–Kier alpha value is -1.43. The molecule has 0 aromatic rings. The van der Waals surface area contributed by atoms with Gasteiger partial charge < -0.3 is 84.6 Å². The molecule has 7 aliphatic rings. The van der Waals surface area contributed by atoms with Gasteiger partial charge in [0.15, 0.2) is 12.6 Å². The van der Waals surface area contributed by atoms with Crippen LogP contribution in [0, 0.1) is 28.1 Å². The third-order valence-corrected chi connectivity index (χ3v) is 15.0. The largest absolute Gasteiger partial charge is 0.432 e. The Labute approximate surface area is 324 Å². The Morgan fingerprint density at radius 3 is 1.82 bits per heavy atom. The molecule has 3 heterocycles. The van der Waals surface area contributed by atoms with Gasteiger partial charge in [-0.25, -0.2) is 0 Å². The van der Waals surface area contributed by atoms with Crippen molar-refractivity contribution in [3.63, 3.8) is 0 Å². The van der Waals surface area contributed by atoms with Crippen LogP contribution in [-0.4, -0.2) is 180 Å². The van der Waals surface area contributed by atoms with Crippen LogP contribution in [0.2, 0.25) is 0 Å². The van der Waals surface area contributed by atoms with Gasteiger partial charge in [0.05, 0.1) is 30.8 Å². The van der Waals surface area contributed by atoms with Crippen LogP contribution in [-0.2, 0) is 33.2 Å². The number of carbonyl (C=O) groups is 1. The molecule has 56 heavy (non-hydrogen) atoms. The molecule has 4 saturated carbocycles. The molecule has 0 aromatic carbocycles. The molecule has 18 heteroatoms. The van der Waals surface area contributed by atoms with Crippen LogP contribution in [0.25, 0.3) is 0 Å². The van der Waals surface area contributed by atoms with Gasteiger partial charge in [-0.1, -0.05) is 19.9 Å². The average Bonchev–Trinajstić information content (AvgIpc) is 3.37. The molecule has 0 aromatic heterocycles. The Kier molecular flexibility index (Phi) is 11.9. The molecule has 3 saturated heterocycles. The average molecular weight is 805 g/mol. The number of ether oxygens (including phenoxy) is 6. The van der Waals surface area contributed by atoms with Crippen molar-refractivity contribution in [2.75, 3.05) is 19.8 Å². The fraction of sp³-hybridized carbons (Fsp3) is 0.921. The minimum atomic E-state index is -1.81. The van der Waals surface area contributed by atoms with Crippen LogP contribution in [0.15, 0.2) is 12.2 Å². The zero-order valence-electron chi connectivity index (χ0n) is 31.8. The molecule has 4 aliphatic carbocycles. The molecule has 0 unspecified atom stereocenters. The minimum absolute atomic E-state index is 0.121. The normalized spacial score (nSPS) is 54.6. The highest BCUT2D eigenvalue weighted by molar-refractivity contribution is 5.77. The van der Waals surface area contributed by atoms with Gasteiger partial charge in [-0.05, 0) is 86.5 Å². The van der Waals surface area contributed by atoms with Crippen LogP contribution in [0.4, 0.5) is 0 Å². The van der Waals surface area contributed by atoms with E-state index in [1.54, 1.807) is 0 Å². The molecular weight excluding hydrogens is 744 g/mol. The topological polar surface area (TPSA) is 295 Å². The number of esters is 1. The van der Waals surface area contributed by atoms with Crippen molar-refractivity contribution >= 4 is 5.97 Å². The minimum Gasteiger partial charge on any atom is -0.432 e. The second-order valence-corrected chi connectivity index (χ2v) is 18.0. The van der Waals surface area contributed by atoms with E-state index in [4.69, 9.17) is 28.4 Å². The quantitative estimate of drug-likeness (QED) is 0.0631. The monoisotopic (exact) mass is 804 g/mol. The highest BCUT2D eigenvalue weighted by atomic mass is 16.8. The molecule has 18 nitrogen and oxygen atoms in total. The first-order valence-corrected chi connectivity index (χ1v) is 19.9. The lowest BCUT2D eigenvalue weighted by atomic mass is 9.41. The maximum Gasteiger partial charge on any atom is 0.314 e. The number of hydrogen-bond acceptors (Lipinski definition) is 18. The summed E-state index contributed by atoms with van der Waals surface area (Å²) in [5, 5.41) is 114. The van der Waals surface area contributed by atoms with E-state index in [-0.39, 0.29) is 22.7 Å². The molecule has 7 fully saturated rings. The van der Waals surface area contributed by atoms with E-state index in [9.17, 15) is 61.0 Å². The summed E-state index contributed by atoms with van der Waals surface area (Å²) in [4.78, 5) is 14.1. The number of aliphatic hydroxyl groups is 11. The van der Waals surface area contributed by atoms with Crippen molar-refractivity contribution in [2.24, 2.45) is 28.1 Å². The fourth-order valence-corrected chi connectivity index (χ4v) is 12.0. The molecule has 11 N–H and O–H groups in total. The molecule has 21 atom stereocenters. The molecular formula is C38H60O18. The van der Waals surface area contributed by atoms with E-state index in [2.05, 4.69) is 13.5 Å². The third-order valence-electron chi connectivity index (χ3n) is 15.0. The first-order valence-electron chi connectivity index (χ1n) is 19.9. The molecule has 7 rings (SSSR count). The van der Waals surface area contributed by atoms with Crippen LogP contribution in [0.5, 0.6) is 0 Å². The van der Waals surface area contributed by atoms with Crippen molar-refractivity contribution in [1.29, 1.82) is 0 Å². The van der Waals surface area contributed by atoms with Gasteiger partial charge >= 0.3 is 5.97 Å². The summed E-state index contributed by atoms with van der Waals surface area (Å²) in [5.74, 6) is -0.591.